The summed E-state index contributed by atoms with van der Waals surface area (Å²) in [5.74, 6) is -23.6. The number of benzene rings is 3. The number of aromatic nitrogens is 1. The smallest absolute Gasteiger partial charge is 0.335 e. The van der Waals surface area contributed by atoms with Crippen LogP contribution in [0, 0.1) is 29.6 Å². The molecule has 3 aromatic carbocycles. The first-order chi connectivity index (χ1) is 66.4. The molecule has 41 nitrogen and oxygen atoms in total. The van der Waals surface area contributed by atoms with Gasteiger partial charge >= 0.3 is 11.9 Å². The van der Waals surface area contributed by atoms with Crippen LogP contribution in [0.1, 0.15) is 246 Å². The van der Waals surface area contributed by atoms with Gasteiger partial charge in [0.15, 0.2) is 5.78 Å². The van der Waals surface area contributed by atoms with Crippen LogP contribution in [0.2, 0.25) is 0 Å². The molecular formula is C101H147N17O24. The first-order valence-electron chi connectivity index (χ1n) is 48.3. The largest absolute Gasteiger partial charge is 0.481 e. The van der Waals surface area contributed by atoms with Crippen molar-refractivity contribution in [3.63, 3.8) is 0 Å². The van der Waals surface area contributed by atoms with Crippen LogP contribution >= 0.6 is 0 Å². The van der Waals surface area contributed by atoms with Crippen molar-refractivity contribution in [2.45, 2.75) is 328 Å². The molecule has 142 heavy (non-hydrogen) atoms. The zero-order chi connectivity index (χ0) is 105. The van der Waals surface area contributed by atoms with Gasteiger partial charge in [-0.2, -0.15) is 0 Å². The molecule has 14 amide bonds. The van der Waals surface area contributed by atoms with Gasteiger partial charge in [-0.3, -0.25) is 95.9 Å². The van der Waals surface area contributed by atoms with E-state index in [-0.39, 0.29) is 94.8 Å². The lowest BCUT2D eigenvalue weighted by molar-refractivity contribution is -0.141. The molecule has 0 radical (unpaired) electrons. The topological polar surface area (TPSA) is 655 Å². The number of para-hydroxylation sites is 1. The molecule has 0 bridgehead atoms. The Labute approximate surface area is 827 Å². The number of primary amides is 2. The van der Waals surface area contributed by atoms with Gasteiger partial charge in [-0.1, -0.05) is 140 Å². The maximum Gasteiger partial charge on any atom is 0.335 e. The number of rotatable bonds is 40. The maximum atomic E-state index is 15.6. The second-order valence-electron chi connectivity index (χ2n) is 38.2. The van der Waals surface area contributed by atoms with Crippen molar-refractivity contribution in [2.24, 2.45) is 41.1 Å². The Kier molecular flexibility index (Phi) is 48.3. The van der Waals surface area contributed by atoms with E-state index in [0.29, 0.717) is 67.0 Å². The van der Waals surface area contributed by atoms with Crippen molar-refractivity contribution in [3.8, 4) is 0 Å². The van der Waals surface area contributed by atoms with Crippen molar-refractivity contribution in [1.29, 1.82) is 0 Å². The zero-order valence-corrected chi connectivity index (χ0v) is 82.7. The van der Waals surface area contributed by atoms with E-state index in [0.717, 1.165) is 6.42 Å². The molecule has 0 spiro atoms. The number of hydrogen-bond donors (Lipinski definition) is 20. The van der Waals surface area contributed by atoms with Gasteiger partial charge in [0.25, 0.3) is 0 Å². The van der Waals surface area contributed by atoms with E-state index < -0.39 is 270 Å². The lowest BCUT2D eigenvalue weighted by Gasteiger charge is -2.35. The summed E-state index contributed by atoms with van der Waals surface area (Å²) < 4.78 is 0. The number of fused-ring (bicyclic) bond motifs is 1. The first kappa shape index (κ1) is 119. The quantitative estimate of drug-likeness (QED) is 0.0225. The molecule has 3 unspecified atom stereocenters. The molecule has 18 atom stereocenters. The number of carboxylic acid groups (broad SMARTS) is 2. The zero-order valence-electron chi connectivity index (χ0n) is 82.7. The number of ketones is 5. The minimum Gasteiger partial charge on any atom is -0.481 e. The number of carbonyl (C=O) groups excluding carboxylic acids is 19. The predicted molar refractivity (Wildman–Crippen MR) is 526 cm³/mol. The highest BCUT2D eigenvalue weighted by Gasteiger charge is 2.45. The van der Waals surface area contributed by atoms with Gasteiger partial charge in [-0.25, -0.2) is 4.79 Å². The monoisotopic (exact) mass is 1980 g/mol. The number of aliphatic hydroxyl groups excluding tert-OH is 1. The predicted octanol–water partition coefficient (Wildman–Crippen LogP) is 2.60. The third-order valence-electron chi connectivity index (χ3n) is 25.4. The summed E-state index contributed by atoms with van der Waals surface area (Å²) in [6.45, 7) is 17.7. The van der Waals surface area contributed by atoms with Crippen LogP contribution < -0.4 is 85.9 Å². The number of amides is 14. The molecule has 1 saturated carbocycles. The van der Waals surface area contributed by atoms with E-state index in [2.05, 4.69) is 79.4 Å². The number of aromatic carboxylic acids is 1. The maximum absolute atomic E-state index is 15.6. The average molecular weight is 1980 g/mol. The molecule has 0 saturated heterocycles. The number of H-pyrrole nitrogens is 1. The number of nitrogens with one attached hydrogen (secondary N) is 15. The van der Waals surface area contributed by atoms with E-state index in [4.69, 9.17) is 11.5 Å². The Balaban J connectivity index is 0.0000355. The summed E-state index contributed by atoms with van der Waals surface area (Å²) in [6.07, 6.45) is 4.50. The van der Waals surface area contributed by atoms with E-state index in [1.165, 1.54) is 100 Å². The second kappa shape index (κ2) is 57.6. The van der Waals surface area contributed by atoms with Crippen molar-refractivity contribution in [1.82, 2.24) is 79.4 Å². The summed E-state index contributed by atoms with van der Waals surface area (Å²) in [4.78, 5) is 297. The van der Waals surface area contributed by atoms with Gasteiger partial charge in [0.05, 0.1) is 47.8 Å². The normalized spacial score (nSPS) is 22.3. The highest BCUT2D eigenvalue weighted by atomic mass is 16.4. The lowest BCUT2D eigenvalue weighted by Crippen LogP contribution is -2.65. The number of allylic oxidation sites excluding steroid dienone is 2. The number of carbonyl (C=O) groups is 21. The highest BCUT2D eigenvalue weighted by Crippen LogP contribution is 2.34. The molecule has 41 heteroatoms. The number of nitrogens with two attached hydrogens (primary N) is 2. The Bertz CT molecular complexity index is 5130. The van der Waals surface area contributed by atoms with Gasteiger partial charge in [0.2, 0.25) is 106 Å². The van der Waals surface area contributed by atoms with Gasteiger partial charge in [0, 0.05) is 74.6 Å². The van der Waals surface area contributed by atoms with E-state index in [9.17, 15) is 82.4 Å². The van der Waals surface area contributed by atoms with Crippen molar-refractivity contribution in [3.05, 3.63) is 119 Å². The number of carboxylic acids is 2. The van der Waals surface area contributed by atoms with E-state index >= 15 is 33.6 Å². The molecule has 1 aliphatic carbocycles. The second-order valence-corrected chi connectivity index (χ2v) is 38.2. The van der Waals surface area contributed by atoms with Crippen LogP contribution in [0.15, 0.2) is 97.2 Å². The van der Waals surface area contributed by atoms with E-state index in [1.807, 2.05) is 12.2 Å². The minimum absolute atomic E-state index is 0. The number of aliphatic carboxylic acids is 1. The molecule has 1 fully saturated rings. The summed E-state index contributed by atoms with van der Waals surface area (Å²) >= 11 is 0. The number of Topliss-reactive ketones (excluding diaryl/α,β-unsaturated/α-hetero) is 5. The van der Waals surface area contributed by atoms with Crippen LogP contribution in [-0.4, -0.2) is 247 Å². The lowest BCUT2D eigenvalue weighted by atomic mass is 9.78. The summed E-state index contributed by atoms with van der Waals surface area (Å²) in [7, 11) is 0. The summed E-state index contributed by atoms with van der Waals surface area (Å²) in [5, 5.41) is 69.1. The van der Waals surface area contributed by atoms with Gasteiger partial charge in [-0.05, 0) is 186 Å². The molecule has 2 heterocycles. The van der Waals surface area contributed by atoms with Crippen molar-refractivity contribution in [2.75, 3.05) is 13.1 Å². The van der Waals surface area contributed by atoms with Crippen LogP contribution in [0.5, 0.6) is 0 Å². The van der Waals surface area contributed by atoms with Crippen molar-refractivity contribution >= 4 is 134 Å². The molecule has 22 N–H and O–H groups in total. The van der Waals surface area contributed by atoms with Gasteiger partial charge in [-0.15, -0.1) is 0 Å². The third kappa shape index (κ3) is 38.3. The standard InChI is InChI=1S/C100H143N17O24.CH4/c1-54(2)45-76(111-63(11)119)93(135)115-81(62(10)118)95(137)113-77(48-65-29-22-21-23-30-65)94(136)117-100(13)44-27-20-18-16-14-15-17-19-26-43-99(12,97(140)110-61(9)89(131)109-60(8)88(130)108-59(7)87(129)106-57(5)83(125)82(124)56(4)103-51-55(3)86(102)128)116-91(133)70(46-64-31-28-32-64)53-105-73(39-41-79(101)121)85(127)84(126)58(6)107-90(132)68(49-69-52-104-72-34-25-24-33-71(69)72)50-78(120)75(47-66-35-37-67(38-36-66)96(138)139)112-92(134)74(114-98(100)141)40-42-80(122)123;/h15,17,21-25,29-30,33-38,52,54-62,64,68,70,73-77,81,103-105,118H,14,16,18-20,26-28,31-32,39-51,53H2,1-13H3,(H2,101,121)(H2,102,128)(H,106,129)(H,107,132)(H,108,130)(H,109,131)(H,110,140)(H,111,119)(H,112,134)(H,113,137)(H,114,141)(H,115,135)(H,116,133)(H,117,136)(H,122,123)(H,138,139);1H4/b17-15+;/t55-,56-,57-,58?,59?,60-,61?,62+,68+,70+,73-,74-,75-,76-,77-,81-,99-,100+;/m0./s1. The molecule has 6 rings (SSSR count). The van der Waals surface area contributed by atoms with Crippen LogP contribution in [0.4, 0.5) is 0 Å². The molecule has 1 aromatic heterocycles. The molecular weight excluding hydrogens is 1840 g/mol. The fourth-order valence-electron chi connectivity index (χ4n) is 16.3. The Morgan fingerprint density at radius 2 is 1.13 bits per heavy atom. The molecule has 2 aliphatic rings. The Hall–Kier alpha value is -13.3. The Morgan fingerprint density at radius 3 is 1.72 bits per heavy atom. The van der Waals surface area contributed by atoms with Crippen LogP contribution in [-0.2, 0) is 115 Å². The van der Waals surface area contributed by atoms with E-state index in [1.54, 1.807) is 74.6 Å². The fourth-order valence-corrected chi connectivity index (χ4v) is 16.3. The summed E-state index contributed by atoms with van der Waals surface area (Å²) in [6, 6.07) is 2.63. The minimum atomic E-state index is -2.10. The number of aliphatic hydroxyl groups is 1. The summed E-state index contributed by atoms with van der Waals surface area (Å²) in [5.41, 5.74) is 8.70. The first-order valence-corrected chi connectivity index (χ1v) is 48.3. The Morgan fingerprint density at radius 1 is 0.542 bits per heavy atom. The molecule has 4 aromatic rings. The number of hydrogen-bond acceptors (Lipinski definition) is 24. The van der Waals surface area contributed by atoms with Crippen molar-refractivity contribution < 1.29 is 116 Å². The fraction of sp³-hybridized carbons (Fsp3) is 0.574. The third-order valence-corrected chi connectivity index (χ3v) is 25.4. The highest BCUT2D eigenvalue weighted by molar-refractivity contribution is 6.41. The van der Waals surface area contributed by atoms with Crippen LogP contribution in [0.3, 0.4) is 0 Å². The molecule has 780 valence electrons. The number of aromatic amines is 1. The average Bonchev–Trinajstić information content (AvgIpc) is 1.46. The van der Waals surface area contributed by atoms with Crippen LogP contribution in [0.25, 0.3) is 10.9 Å². The van der Waals surface area contributed by atoms with Gasteiger partial charge < -0.3 is 106 Å². The molecule has 1 aliphatic heterocycles. The van der Waals surface area contributed by atoms with Gasteiger partial charge in [0.1, 0.15) is 53.4 Å². The SMILES string of the molecule is C.CC(=O)N[C@@H](CC(C)C)C(=O)N[C@H](C(=O)N[C@@H](Cc1ccccc1)C(=O)N[C@]1(C)CCCCCC/C=C/CCC[C@@](C)(C(=O)NC(C)C(=O)N[C@@H](C)C(=O)NC(C)C(=O)N[C@@H](C)C(=O)C(=O)[C@H](C)NC[C@H](C)C(N)=O)NC(=O)[C@H](CC2CCC2)CN[C@@H](CCC(N)=O)C(=O)C(=O)C(C)NC(=O)[C@H](Cc2c[nH]c3ccccc23)CC(=O)[C@H](Cc2ccc(C(=O)O)cc2)NC(=O)[C@H](CCC(=O)O)NC1=O)[C@@H](C)O.